The molecule has 1 aromatic carbocycles. The molecule has 0 unspecified atom stereocenters. The minimum atomic E-state index is -3.88. The molecular weight excluding hydrogens is 398 g/mol. The van der Waals surface area contributed by atoms with Gasteiger partial charge in [-0.3, -0.25) is 10.1 Å². The van der Waals surface area contributed by atoms with Crippen molar-refractivity contribution >= 4 is 39.5 Å². The van der Waals surface area contributed by atoms with Crippen LogP contribution in [0, 0.1) is 5.92 Å². The molecule has 1 aromatic rings. The zero-order valence-corrected chi connectivity index (χ0v) is 16.2. The number of primary amides is 1. The number of benzene rings is 1. The highest BCUT2D eigenvalue weighted by Crippen LogP contribution is 2.29. The molecule has 1 saturated heterocycles. The number of nitrogens with zero attached hydrogens (tertiary/aromatic N) is 1. The van der Waals surface area contributed by atoms with Gasteiger partial charge in [0.15, 0.2) is 6.61 Å². The van der Waals surface area contributed by atoms with Crippen molar-refractivity contribution in [1.82, 2.24) is 9.62 Å². The fourth-order valence-electron chi connectivity index (χ4n) is 2.72. The first-order valence-electron chi connectivity index (χ1n) is 8.17. The number of nitrogens with one attached hydrogen (secondary N) is 1. The number of ether oxygens (including phenoxy) is 1. The molecule has 3 N–H and O–H groups in total. The van der Waals surface area contributed by atoms with Crippen LogP contribution in [0.15, 0.2) is 23.1 Å². The minimum absolute atomic E-state index is 0.0174. The quantitative estimate of drug-likeness (QED) is 0.689. The van der Waals surface area contributed by atoms with Gasteiger partial charge in [-0.05, 0) is 37.0 Å². The molecule has 0 aliphatic carbocycles. The Labute approximate surface area is 161 Å². The normalized spacial score (nSPS) is 17.9. The van der Waals surface area contributed by atoms with Gasteiger partial charge in [-0.15, -0.1) is 0 Å². The summed E-state index contributed by atoms with van der Waals surface area (Å²) in [4.78, 5) is 33.7. The Bertz CT molecular complexity index is 858. The molecule has 1 fully saturated rings. The second kappa shape index (κ2) is 8.68. The smallest absolute Gasteiger partial charge is 0.338 e. The average Bonchev–Trinajstić information content (AvgIpc) is 2.59. The van der Waals surface area contributed by atoms with Gasteiger partial charge >= 0.3 is 12.0 Å². The van der Waals surface area contributed by atoms with E-state index < -0.39 is 34.5 Å². The monoisotopic (exact) mass is 417 g/mol. The summed E-state index contributed by atoms with van der Waals surface area (Å²) in [5.74, 6) is -1.61. The molecule has 0 bridgehead atoms. The third-order valence-corrected chi connectivity index (χ3v) is 6.35. The number of hydrogen-bond donors (Lipinski definition) is 2. The van der Waals surface area contributed by atoms with Crippen molar-refractivity contribution in [3.05, 3.63) is 28.8 Å². The van der Waals surface area contributed by atoms with Crippen LogP contribution < -0.4 is 11.1 Å². The summed E-state index contributed by atoms with van der Waals surface area (Å²) in [5, 5.41) is 1.72. The van der Waals surface area contributed by atoms with Crippen molar-refractivity contribution in [1.29, 1.82) is 0 Å². The molecule has 1 atom stereocenters. The number of rotatable bonds is 5. The Morgan fingerprint density at radius 3 is 2.70 bits per heavy atom. The Morgan fingerprint density at radius 1 is 1.37 bits per heavy atom. The molecule has 148 valence electrons. The molecule has 1 aliphatic heterocycles. The van der Waals surface area contributed by atoms with Crippen LogP contribution in [0.25, 0.3) is 0 Å². The Kier molecular flexibility index (Phi) is 6.79. The van der Waals surface area contributed by atoms with Gasteiger partial charge < -0.3 is 10.5 Å². The lowest BCUT2D eigenvalue weighted by molar-refractivity contribution is -0.123. The van der Waals surface area contributed by atoms with Crippen LogP contribution in [0.4, 0.5) is 4.79 Å². The number of halogens is 1. The van der Waals surface area contributed by atoms with Gasteiger partial charge in [-0.2, -0.15) is 4.31 Å². The highest BCUT2D eigenvalue weighted by Gasteiger charge is 2.31. The maximum Gasteiger partial charge on any atom is 0.338 e. The third kappa shape index (κ3) is 5.41. The van der Waals surface area contributed by atoms with Gasteiger partial charge in [0.05, 0.1) is 10.6 Å². The zero-order chi connectivity index (χ0) is 20.2. The molecule has 11 heteroatoms. The summed E-state index contributed by atoms with van der Waals surface area (Å²) in [6, 6.07) is 2.61. The number of imide groups is 1. The van der Waals surface area contributed by atoms with Crippen LogP contribution in [0.3, 0.4) is 0 Å². The van der Waals surface area contributed by atoms with Crippen molar-refractivity contribution in [2.24, 2.45) is 11.7 Å². The van der Waals surface area contributed by atoms with Gasteiger partial charge in [0.1, 0.15) is 4.90 Å². The number of esters is 1. The van der Waals surface area contributed by atoms with Gasteiger partial charge in [-0.1, -0.05) is 18.5 Å². The predicted octanol–water partition coefficient (Wildman–Crippen LogP) is 1.11. The lowest BCUT2D eigenvalue weighted by atomic mass is 10.0. The van der Waals surface area contributed by atoms with E-state index in [1.54, 1.807) is 5.32 Å². The maximum atomic E-state index is 12.9. The number of sulfonamides is 1. The third-order valence-electron chi connectivity index (χ3n) is 4.00. The lowest BCUT2D eigenvalue weighted by Crippen LogP contribution is -2.39. The summed E-state index contributed by atoms with van der Waals surface area (Å²) < 4.78 is 31.9. The average molecular weight is 418 g/mol. The zero-order valence-electron chi connectivity index (χ0n) is 14.6. The van der Waals surface area contributed by atoms with E-state index in [-0.39, 0.29) is 21.4 Å². The first kappa shape index (κ1) is 21.1. The van der Waals surface area contributed by atoms with E-state index in [0.717, 1.165) is 18.9 Å². The molecule has 27 heavy (non-hydrogen) atoms. The van der Waals surface area contributed by atoms with E-state index in [4.69, 9.17) is 22.1 Å². The van der Waals surface area contributed by atoms with Crippen LogP contribution in [0.5, 0.6) is 0 Å². The predicted molar refractivity (Wildman–Crippen MR) is 96.6 cm³/mol. The van der Waals surface area contributed by atoms with Crippen LogP contribution in [-0.4, -0.2) is 50.3 Å². The standard InChI is InChI=1S/C16H20ClN3O6S/c1-10-3-2-6-20(8-10)27(24,25)13-7-11(4-5-12(13)17)15(22)26-9-14(21)19-16(18)23/h4-5,7,10H,2-3,6,8-9H2,1H3,(H3,18,19,21,23)/t10-/m0/s1. The van der Waals surface area contributed by atoms with E-state index in [1.165, 1.54) is 16.4 Å². The Hall–Kier alpha value is -2.17. The largest absolute Gasteiger partial charge is 0.452 e. The second-order valence-electron chi connectivity index (χ2n) is 6.24. The first-order valence-corrected chi connectivity index (χ1v) is 9.99. The molecule has 9 nitrogen and oxygen atoms in total. The van der Waals surface area contributed by atoms with E-state index in [1.807, 2.05) is 6.92 Å². The van der Waals surface area contributed by atoms with Crippen LogP contribution >= 0.6 is 11.6 Å². The Balaban J connectivity index is 2.19. The number of nitrogens with two attached hydrogens (primary N) is 1. The molecule has 0 radical (unpaired) electrons. The molecule has 1 aliphatic rings. The number of amides is 3. The highest BCUT2D eigenvalue weighted by atomic mass is 35.5. The van der Waals surface area contributed by atoms with Gasteiger partial charge in [0.2, 0.25) is 10.0 Å². The van der Waals surface area contributed by atoms with E-state index in [2.05, 4.69) is 0 Å². The SMILES string of the molecule is C[C@H]1CCCN(S(=O)(=O)c2cc(C(=O)OCC(=O)NC(N)=O)ccc2Cl)C1. The minimum Gasteiger partial charge on any atom is -0.452 e. The molecule has 1 heterocycles. The van der Waals surface area contributed by atoms with E-state index >= 15 is 0 Å². The number of carbonyl (C=O) groups is 3. The summed E-state index contributed by atoms with van der Waals surface area (Å²) >= 11 is 6.05. The fraction of sp³-hybridized carbons (Fsp3) is 0.438. The fourth-order valence-corrected chi connectivity index (χ4v) is 4.82. The maximum absolute atomic E-state index is 12.9. The van der Waals surface area contributed by atoms with Crippen molar-refractivity contribution < 1.29 is 27.5 Å². The topological polar surface area (TPSA) is 136 Å². The van der Waals surface area contributed by atoms with Gasteiger partial charge in [0, 0.05) is 13.1 Å². The number of urea groups is 1. The van der Waals surface area contributed by atoms with Crippen molar-refractivity contribution in [2.45, 2.75) is 24.7 Å². The Morgan fingerprint density at radius 2 is 2.07 bits per heavy atom. The summed E-state index contributed by atoms with van der Waals surface area (Å²) in [6.45, 7) is 1.98. The van der Waals surface area contributed by atoms with Gasteiger partial charge in [-0.25, -0.2) is 18.0 Å². The summed E-state index contributed by atoms with van der Waals surface area (Å²) in [6.07, 6.45) is 1.69. The molecule has 0 saturated carbocycles. The van der Waals surface area contributed by atoms with Crippen LogP contribution in [-0.2, 0) is 19.6 Å². The number of carbonyl (C=O) groups excluding carboxylic acids is 3. The summed E-state index contributed by atoms with van der Waals surface area (Å²) in [5.41, 5.74) is 4.69. The highest BCUT2D eigenvalue weighted by molar-refractivity contribution is 7.89. The number of hydrogen-bond acceptors (Lipinski definition) is 6. The number of piperidine rings is 1. The van der Waals surface area contributed by atoms with E-state index in [0.29, 0.717) is 13.1 Å². The van der Waals surface area contributed by atoms with Crippen molar-refractivity contribution in [3.63, 3.8) is 0 Å². The second-order valence-corrected chi connectivity index (χ2v) is 8.56. The lowest BCUT2D eigenvalue weighted by Gasteiger charge is -2.30. The van der Waals surface area contributed by atoms with Crippen LogP contribution in [0.2, 0.25) is 5.02 Å². The molecule has 2 rings (SSSR count). The van der Waals surface area contributed by atoms with Gasteiger partial charge in [0.25, 0.3) is 5.91 Å². The molecule has 0 spiro atoms. The molecule has 0 aromatic heterocycles. The molecule has 3 amide bonds. The van der Waals surface area contributed by atoms with E-state index in [9.17, 15) is 22.8 Å². The summed E-state index contributed by atoms with van der Waals surface area (Å²) in [7, 11) is -3.88. The molecular formula is C16H20ClN3O6S. The first-order chi connectivity index (χ1) is 12.6. The van der Waals surface area contributed by atoms with Crippen molar-refractivity contribution in [3.8, 4) is 0 Å². The van der Waals surface area contributed by atoms with Crippen LogP contribution in [0.1, 0.15) is 30.1 Å². The van der Waals surface area contributed by atoms with Crippen molar-refractivity contribution in [2.75, 3.05) is 19.7 Å².